The molecule has 184 valence electrons. The summed E-state index contributed by atoms with van der Waals surface area (Å²) < 4.78 is 7.28. The second kappa shape index (κ2) is 7.29. The van der Waals surface area contributed by atoms with Crippen LogP contribution in [0, 0.1) is 11.3 Å². The van der Waals surface area contributed by atoms with Gasteiger partial charge in [-0.1, -0.05) is 61.5 Å². The number of nitrogens with zero attached hydrogens (tertiary/aromatic N) is 1. The van der Waals surface area contributed by atoms with Crippen LogP contribution in [-0.4, -0.2) is 58.7 Å². The molecule has 2 spiro atoms. The summed E-state index contributed by atoms with van der Waals surface area (Å²) in [6.45, 7) is 2.50. The first kappa shape index (κ1) is 22.2. The van der Waals surface area contributed by atoms with E-state index in [-0.39, 0.29) is 17.1 Å². The summed E-state index contributed by atoms with van der Waals surface area (Å²) in [6.07, 6.45) is 9.08. The van der Waals surface area contributed by atoms with E-state index in [1.807, 2.05) is 14.1 Å². The van der Waals surface area contributed by atoms with Crippen molar-refractivity contribution in [1.29, 1.82) is 0 Å². The average molecular weight is 472 g/mol. The fourth-order valence-corrected chi connectivity index (χ4v) is 8.89. The Hall–Kier alpha value is -1.98. The van der Waals surface area contributed by atoms with Gasteiger partial charge in [-0.25, -0.2) is 0 Å². The molecule has 8 atom stereocenters. The minimum Gasteiger partial charge on any atom is -0.388 e. The average Bonchev–Trinajstić information content (AvgIpc) is 3.37. The number of hydrogen-bond donors (Lipinski definition) is 2. The maximum atomic E-state index is 11.2. The minimum atomic E-state index is -0.865. The number of ether oxygens (including phenoxy) is 1. The van der Waals surface area contributed by atoms with E-state index in [1.54, 1.807) is 0 Å². The van der Waals surface area contributed by atoms with Gasteiger partial charge in [0.05, 0.1) is 17.3 Å². The normalized spacial score (nSPS) is 44.0. The third-order valence-electron chi connectivity index (χ3n) is 10.7. The highest BCUT2D eigenvalue weighted by molar-refractivity contribution is 5.83. The molecule has 7 rings (SSSR count). The van der Waals surface area contributed by atoms with Crippen molar-refractivity contribution in [1.82, 2.24) is 4.90 Å². The van der Waals surface area contributed by atoms with Crippen LogP contribution in [0.4, 0.5) is 0 Å². The fraction of sp³-hybridized carbons (Fsp3) is 0.548. The van der Waals surface area contributed by atoms with Crippen molar-refractivity contribution >= 4 is 10.8 Å². The van der Waals surface area contributed by atoms with E-state index in [1.165, 1.54) is 34.8 Å². The first-order valence-electron chi connectivity index (χ1n) is 13.4. The molecule has 4 nitrogen and oxygen atoms in total. The van der Waals surface area contributed by atoms with Crippen molar-refractivity contribution in [2.45, 2.75) is 80.8 Å². The summed E-state index contributed by atoms with van der Waals surface area (Å²) in [5.74, 6) is 0.980. The Kier molecular flexibility index (Phi) is 4.63. The van der Waals surface area contributed by atoms with Crippen molar-refractivity contribution < 1.29 is 14.9 Å². The number of rotatable bonds is 2. The van der Waals surface area contributed by atoms with Crippen LogP contribution in [0.15, 0.2) is 65.8 Å². The lowest BCUT2D eigenvalue weighted by Crippen LogP contribution is -2.61. The molecule has 5 aliphatic rings. The van der Waals surface area contributed by atoms with Crippen LogP contribution in [-0.2, 0) is 4.74 Å². The van der Waals surface area contributed by atoms with E-state index in [0.29, 0.717) is 11.8 Å². The molecule has 2 bridgehead atoms. The molecule has 1 unspecified atom stereocenters. The lowest BCUT2D eigenvalue weighted by molar-refractivity contribution is -0.165. The van der Waals surface area contributed by atoms with Gasteiger partial charge in [0, 0.05) is 6.04 Å². The second-order valence-corrected chi connectivity index (χ2v) is 12.4. The Balaban J connectivity index is 1.29. The molecule has 35 heavy (non-hydrogen) atoms. The molecule has 2 N–H and O–H groups in total. The fourth-order valence-electron chi connectivity index (χ4n) is 8.89. The number of benzene rings is 2. The maximum Gasteiger partial charge on any atom is 0.105 e. The van der Waals surface area contributed by atoms with Gasteiger partial charge in [-0.3, -0.25) is 0 Å². The lowest BCUT2D eigenvalue weighted by Gasteiger charge is -2.56. The molecule has 1 saturated heterocycles. The Morgan fingerprint density at radius 2 is 1.80 bits per heavy atom. The van der Waals surface area contributed by atoms with Crippen molar-refractivity contribution in [3.8, 4) is 0 Å². The predicted octanol–water partition coefficient (Wildman–Crippen LogP) is 4.95. The Morgan fingerprint density at radius 1 is 1.00 bits per heavy atom. The Bertz CT molecular complexity index is 1260. The summed E-state index contributed by atoms with van der Waals surface area (Å²) in [5.41, 5.74) is 3.07. The zero-order valence-corrected chi connectivity index (χ0v) is 21.1. The molecule has 0 amide bonds. The molecular formula is C31H37NO3. The van der Waals surface area contributed by atoms with Crippen LogP contribution in [0.2, 0.25) is 0 Å². The molecule has 0 radical (unpaired) electrons. The number of hydrogen-bond acceptors (Lipinski definition) is 4. The third kappa shape index (κ3) is 2.83. The van der Waals surface area contributed by atoms with E-state index in [4.69, 9.17) is 4.74 Å². The SMILES string of the molecule is CN(C)[C@H]1C[C@@]23CC[C@@]4(O2)C(=CC[C@@]2(C)C(c5ccc6ccccc6c5)CC[C@H]24)C=C3[C@@H](O)[C@@H]1O. The van der Waals surface area contributed by atoms with Gasteiger partial charge in [-0.05, 0) is 97.4 Å². The highest BCUT2D eigenvalue weighted by atomic mass is 16.5. The maximum absolute atomic E-state index is 11.2. The molecule has 3 aliphatic carbocycles. The predicted molar refractivity (Wildman–Crippen MR) is 138 cm³/mol. The molecule has 4 heteroatoms. The molecular weight excluding hydrogens is 434 g/mol. The van der Waals surface area contributed by atoms with E-state index >= 15 is 0 Å². The number of allylic oxidation sites excluding steroid dienone is 1. The van der Waals surface area contributed by atoms with Gasteiger partial charge >= 0.3 is 0 Å². The van der Waals surface area contributed by atoms with Crippen LogP contribution in [0.25, 0.3) is 10.8 Å². The van der Waals surface area contributed by atoms with Crippen molar-refractivity contribution in [3.63, 3.8) is 0 Å². The molecule has 2 saturated carbocycles. The largest absolute Gasteiger partial charge is 0.388 e. The van der Waals surface area contributed by atoms with Gasteiger partial charge in [0.1, 0.15) is 6.10 Å². The van der Waals surface area contributed by atoms with Crippen LogP contribution in [0.5, 0.6) is 0 Å². The summed E-state index contributed by atoms with van der Waals surface area (Å²) >= 11 is 0. The minimum absolute atomic E-state index is 0.105. The van der Waals surface area contributed by atoms with Crippen LogP contribution in [0.3, 0.4) is 0 Å². The summed E-state index contributed by atoms with van der Waals surface area (Å²) in [4.78, 5) is 2.05. The first-order chi connectivity index (χ1) is 16.8. The zero-order chi connectivity index (χ0) is 24.2. The number of aliphatic hydroxyl groups is 2. The second-order valence-electron chi connectivity index (χ2n) is 12.4. The van der Waals surface area contributed by atoms with Crippen molar-refractivity contribution in [3.05, 3.63) is 71.3 Å². The van der Waals surface area contributed by atoms with E-state index in [9.17, 15) is 10.2 Å². The van der Waals surface area contributed by atoms with E-state index < -0.39 is 17.8 Å². The summed E-state index contributed by atoms with van der Waals surface area (Å²) in [6, 6.07) is 15.6. The lowest BCUT2D eigenvalue weighted by atomic mass is 9.58. The smallest absolute Gasteiger partial charge is 0.105 e. The molecule has 2 aliphatic heterocycles. The molecule has 2 heterocycles. The first-order valence-corrected chi connectivity index (χ1v) is 13.4. The number of aliphatic hydroxyl groups excluding tert-OH is 2. The highest BCUT2D eigenvalue weighted by Gasteiger charge is 2.68. The Labute approximate surface area is 208 Å². The molecule has 2 aromatic rings. The van der Waals surface area contributed by atoms with E-state index in [2.05, 4.69) is 66.4 Å². The zero-order valence-electron chi connectivity index (χ0n) is 21.1. The van der Waals surface area contributed by atoms with Gasteiger partial charge < -0.3 is 19.8 Å². The Morgan fingerprint density at radius 3 is 2.60 bits per heavy atom. The molecule has 2 aromatic carbocycles. The van der Waals surface area contributed by atoms with Gasteiger partial charge in [-0.2, -0.15) is 0 Å². The standard InChI is InChI=1S/C31H37NO3/c1-29-13-12-22-17-24-27(33)28(34)25(32(2)3)18-30(24)14-15-31(22,35-30)26(29)11-10-23(29)21-9-8-19-6-4-5-7-20(19)16-21/h4-9,12,16-17,23,25-28,33-34H,10-11,13-15,18H2,1-3H3/t23?,25-,26+,27+,28+,29-,30+,31+/m0/s1. The third-order valence-corrected chi connectivity index (χ3v) is 10.7. The van der Waals surface area contributed by atoms with Gasteiger partial charge in [-0.15, -0.1) is 0 Å². The highest BCUT2D eigenvalue weighted by Crippen LogP contribution is 2.69. The van der Waals surface area contributed by atoms with Crippen LogP contribution in [0.1, 0.15) is 56.9 Å². The van der Waals surface area contributed by atoms with E-state index in [0.717, 1.165) is 31.3 Å². The topological polar surface area (TPSA) is 52.9 Å². The van der Waals surface area contributed by atoms with Crippen molar-refractivity contribution in [2.75, 3.05) is 14.1 Å². The van der Waals surface area contributed by atoms with Gasteiger partial charge in [0.2, 0.25) is 0 Å². The molecule has 3 fully saturated rings. The monoisotopic (exact) mass is 471 g/mol. The summed E-state index contributed by atoms with van der Waals surface area (Å²) in [5, 5.41) is 24.7. The summed E-state index contributed by atoms with van der Waals surface area (Å²) in [7, 11) is 3.99. The molecule has 0 aromatic heterocycles. The van der Waals surface area contributed by atoms with Crippen molar-refractivity contribution in [2.24, 2.45) is 11.3 Å². The van der Waals surface area contributed by atoms with Crippen LogP contribution < -0.4 is 0 Å². The quantitative estimate of drug-likeness (QED) is 0.651. The van der Waals surface area contributed by atoms with Crippen LogP contribution >= 0.6 is 0 Å². The van der Waals surface area contributed by atoms with Gasteiger partial charge in [0.15, 0.2) is 0 Å². The van der Waals surface area contributed by atoms with Gasteiger partial charge in [0.25, 0.3) is 0 Å². The number of fused-ring (bicyclic) bond motifs is 2. The number of likely N-dealkylation sites (N-methyl/N-ethyl adjacent to an activating group) is 1.